The number of aliphatic hydroxyl groups excluding tert-OH is 4. The molecular weight excluding hydrogens is 564 g/mol. The van der Waals surface area contributed by atoms with Crippen LogP contribution in [-0.4, -0.2) is 102 Å². The van der Waals surface area contributed by atoms with Crippen LogP contribution in [0.1, 0.15) is 19.6 Å². The molecule has 216 valence electrons. The van der Waals surface area contributed by atoms with Crippen molar-refractivity contribution in [2.45, 2.75) is 62.4 Å². The first-order chi connectivity index (χ1) is 17.6. The van der Waals surface area contributed by atoms with E-state index in [2.05, 4.69) is 14.2 Å². The maximum absolute atomic E-state index is 12.4. The maximum Gasteiger partial charge on any atom is 0.483 e. The van der Waals surface area contributed by atoms with Crippen LogP contribution >= 0.6 is 15.6 Å². The van der Waals surface area contributed by atoms with Crippen LogP contribution in [0.4, 0.5) is 0 Å². The molecule has 3 heterocycles. The number of phosphoric acid groups is 2. The van der Waals surface area contributed by atoms with E-state index in [0.29, 0.717) is 0 Å². The summed E-state index contributed by atoms with van der Waals surface area (Å²) in [6, 6.07) is -0.275. The van der Waals surface area contributed by atoms with Gasteiger partial charge >= 0.3 is 21.3 Å². The summed E-state index contributed by atoms with van der Waals surface area (Å²) in [5.41, 5.74) is -1.72. The average Bonchev–Trinajstić information content (AvgIpc) is 3.07. The number of hydrogen-bond acceptors (Lipinski definition) is 14. The number of aromatic amines is 1. The highest BCUT2D eigenvalue weighted by Crippen LogP contribution is 2.61. The summed E-state index contributed by atoms with van der Waals surface area (Å²) in [6.07, 6.45) is -10.3. The molecule has 19 nitrogen and oxygen atoms in total. The summed E-state index contributed by atoms with van der Waals surface area (Å²) in [5.74, 6) is -0.633. The van der Waals surface area contributed by atoms with Gasteiger partial charge in [-0.15, -0.1) is 0 Å². The molecule has 38 heavy (non-hydrogen) atoms. The monoisotopic (exact) mass is 591 g/mol. The first kappa shape index (κ1) is 30.7. The van der Waals surface area contributed by atoms with Crippen LogP contribution in [0, 0.1) is 0 Å². The highest BCUT2D eigenvalue weighted by atomic mass is 31.3. The van der Waals surface area contributed by atoms with E-state index in [-0.39, 0.29) is 6.42 Å². The Bertz CT molecular complexity index is 1210. The van der Waals surface area contributed by atoms with Crippen molar-refractivity contribution in [2.24, 2.45) is 0 Å². The van der Waals surface area contributed by atoms with Gasteiger partial charge in [0.05, 0.1) is 25.4 Å². The van der Waals surface area contributed by atoms with Crippen LogP contribution in [0.5, 0.6) is 0 Å². The molecule has 3 rings (SSSR count). The van der Waals surface area contributed by atoms with Crippen molar-refractivity contribution in [2.75, 3.05) is 13.2 Å². The Morgan fingerprint density at radius 1 is 1.16 bits per heavy atom. The Hall–Kier alpha value is -1.83. The molecular formula is C17H27N3O16P2. The number of H-pyrrole nitrogens is 1. The van der Waals surface area contributed by atoms with Crippen LogP contribution in [0.25, 0.3) is 0 Å². The zero-order valence-electron chi connectivity index (χ0n) is 19.5. The molecule has 1 aromatic rings. The topological polar surface area (TPSA) is 286 Å². The Morgan fingerprint density at radius 3 is 2.45 bits per heavy atom. The van der Waals surface area contributed by atoms with Crippen molar-refractivity contribution < 1.29 is 67.0 Å². The van der Waals surface area contributed by atoms with Gasteiger partial charge in [-0.05, 0) is 0 Å². The lowest BCUT2D eigenvalue weighted by Gasteiger charge is -2.38. The van der Waals surface area contributed by atoms with Crippen molar-refractivity contribution in [1.29, 1.82) is 0 Å². The third-order valence-electron chi connectivity index (χ3n) is 5.44. The first-order valence-corrected chi connectivity index (χ1v) is 13.9. The van der Waals surface area contributed by atoms with E-state index in [9.17, 15) is 53.7 Å². The Labute approximate surface area is 212 Å². The van der Waals surface area contributed by atoms with Crippen molar-refractivity contribution in [1.82, 2.24) is 14.9 Å². The third-order valence-corrected chi connectivity index (χ3v) is 8.04. The summed E-state index contributed by atoms with van der Waals surface area (Å²) in [7, 11) is -10.9. The highest BCUT2D eigenvalue weighted by molar-refractivity contribution is 7.61. The number of nitrogens with one attached hydrogen (secondary N) is 2. The fraction of sp³-hybridized carbons (Fsp3) is 0.706. The van der Waals surface area contributed by atoms with Gasteiger partial charge in [-0.1, -0.05) is 0 Å². The lowest BCUT2D eigenvalue weighted by molar-refractivity contribution is -0.214. The van der Waals surface area contributed by atoms with Crippen molar-refractivity contribution in [3.8, 4) is 0 Å². The minimum absolute atomic E-state index is 0.276. The predicted molar refractivity (Wildman–Crippen MR) is 119 cm³/mol. The number of ether oxygens (including phenoxy) is 2. The quantitative estimate of drug-likeness (QED) is 0.122. The molecule has 10 atom stereocenters. The fourth-order valence-electron chi connectivity index (χ4n) is 3.73. The zero-order chi connectivity index (χ0) is 28.4. The zero-order valence-corrected chi connectivity index (χ0v) is 21.3. The molecule has 0 radical (unpaired) electrons. The van der Waals surface area contributed by atoms with Gasteiger partial charge in [0.15, 0.2) is 12.5 Å². The number of hydrogen-bond donors (Lipinski definition) is 8. The molecule has 1 aromatic heterocycles. The number of rotatable bonds is 10. The van der Waals surface area contributed by atoms with Gasteiger partial charge in [-0.2, -0.15) is 4.31 Å². The second-order valence-corrected chi connectivity index (χ2v) is 11.3. The van der Waals surface area contributed by atoms with E-state index >= 15 is 0 Å². The van der Waals surface area contributed by atoms with Crippen molar-refractivity contribution >= 4 is 21.6 Å². The number of aliphatic hydroxyl groups is 4. The SMILES string of the molecule is CC(=O)N[C@@H]1C[C@H](O)[C@@H](CO)O[C@@H]1OP(=O)(O)OP(=O)(O)OC[C@H]1O[C@@H](n2ccc(=O)[nH]c2=O)[C@H](O)[C@@H]1O. The molecule has 0 spiro atoms. The molecule has 2 saturated heterocycles. The summed E-state index contributed by atoms with van der Waals surface area (Å²) in [5, 5.41) is 41.9. The standard InChI is InChI=1S/C17H27N3O16P2/c1-7(22)18-8-4-9(23)10(5-21)34-16(8)35-38(30,31)36-37(28,29)32-6-11-13(25)14(26)15(33-11)20-3-2-12(24)19-17(20)27/h2-3,8-11,13-16,21,23,25-26H,4-6H2,1H3,(H,18,22)(H,28,29)(H,30,31)(H,19,24,27)/t8-,9+,10-,11-,13-,14-,15-,16-/m1/s1. The second kappa shape index (κ2) is 12.1. The number of nitrogens with zero attached hydrogens (tertiary/aromatic N) is 1. The molecule has 2 aliphatic heterocycles. The number of carbonyl (C=O) groups is 1. The molecule has 0 aromatic carbocycles. The molecule has 1 amide bonds. The van der Waals surface area contributed by atoms with Crippen LogP contribution in [0.3, 0.4) is 0 Å². The second-order valence-electron chi connectivity index (χ2n) is 8.32. The third kappa shape index (κ3) is 7.64. The molecule has 0 aliphatic carbocycles. The normalized spacial score (nSPS) is 34.8. The summed E-state index contributed by atoms with van der Waals surface area (Å²) in [4.78, 5) is 56.4. The molecule has 2 aliphatic rings. The Balaban J connectivity index is 1.63. The van der Waals surface area contributed by atoms with Gasteiger partial charge in [0, 0.05) is 25.6 Å². The van der Waals surface area contributed by atoms with E-state index in [1.54, 1.807) is 0 Å². The highest BCUT2D eigenvalue weighted by Gasteiger charge is 2.47. The molecule has 0 bridgehead atoms. The van der Waals surface area contributed by atoms with E-state index in [0.717, 1.165) is 23.8 Å². The van der Waals surface area contributed by atoms with Crippen LogP contribution < -0.4 is 16.6 Å². The Morgan fingerprint density at radius 2 is 1.84 bits per heavy atom. The molecule has 0 saturated carbocycles. The van der Waals surface area contributed by atoms with Crippen LogP contribution in [0.15, 0.2) is 21.9 Å². The van der Waals surface area contributed by atoms with E-state index in [1.807, 2.05) is 4.98 Å². The minimum atomic E-state index is -5.49. The largest absolute Gasteiger partial charge is 0.483 e. The summed E-state index contributed by atoms with van der Waals surface area (Å²) in [6.45, 7) is -0.623. The number of amides is 1. The average molecular weight is 591 g/mol. The van der Waals surface area contributed by atoms with Gasteiger partial charge in [-0.3, -0.25) is 28.2 Å². The van der Waals surface area contributed by atoms with E-state index < -0.39 is 95.1 Å². The first-order valence-electron chi connectivity index (χ1n) is 10.9. The number of carbonyl (C=O) groups excluding carboxylic acids is 1. The summed E-state index contributed by atoms with van der Waals surface area (Å²) < 4.78 is 49.4. The number of aromatic nitrogens is 2. The fourth-order valence-corrected chi connectivity index (χ4v) is 5.91. The molecule has 8 N–H and O–H groups in total. The van der Waals surface area contributed by atoms with Gasteiger partial charge in [0.25, 0.3) is 5.56 Å². The van der Waals surface area contributed by atoms with Crippen LogP contribution in [-0.2, 0) is 36.8 Å². The lowest BCUT2D eigenvalue weighted by Crippen LogP contribution is -2.55. The van der Waals surface area contributed by atoms with Gasteiger partial charge in [-0.25, -0.2) is 13.9 Å². The van der Waals surface area contributed by atoms with Gasteiger partial charge in [0.2, 0.25) is 5.91 Å². The Kier molecular flexibility index (Phi) is 9.81. The van der Waals surface area contributed by atoms with E-state index in [1.165, 1.54) is 0 Å². The molecule has 21 heteroatoms. The van der Waals surface area contributed by atoms with Gasteiger partial charge < -0.3 is 45.0 Å². The smallest absolute Gasteiger partial charge is 0.394 e. The predicted octanol–water partition coefficient (Wildman–Crippen LogP) is -3.62. The number of phosphoric ester groups is 2. The van der Waals surface area contributed by atoms with E-state index in [4.69, 9.17) is 14.0 Å². The maximum atomic E-state index is 12.4. The van der Waals surface area contributed by atoms with Crippen molar-refractivity contribution in [3.63, 3.8) is 0 Å². The van der Waals surface area contributed by atoms with Gasteiger partial charge in [0.1, 0.15) is 24.4 Å². The van der Waals surface area contributed by atoms with Crippen molar-refractivity contribution in [3.05, 3.63) is 33.1 Å². The van der Waals surface area contributed by atoms with Crippen LogP contribution in [0.2, 0.25) is 0 Å². The molecule has 2 fully saturated rings. The lowest BCUT2D eigenvalue weighted by atomic mass is 10.0. The summed E-state index contributed by atoms with van der Waals surface area (Å²) >= 11 is 0. The minimum Gasteiger partial charge on any atom is -0.394 e. The molecule has 2 unspecified atom stereocenters.